The van der Waals surface area contributed by atoms with E-state index in [9.17, 15) is 13.2 Å². The van der Waals surface area contributed by atoms with E-state index in [1.165, 1.54) is 12.1 Å². The third-order valence-corrected chi connectivity index (χ3v) is 3.32. The number of alkyl halides is 3. The molecule has 0 amide bonds. The predicted molar refractivity (Wildman–Crippen MR) is 79.6 cm³/mol. The summed E-state index contributed by atoms with van der Waals surface area (Å²) < 4.78 is 43.2. The largest absolute Gasteiger partial charge is 0.497 e. The van der Waals surface area contributed by atoms with Crippen molar-refractivity contribution in [2.24, 2.45) is 0 Å². The van der Waals surface area contributed by atoms with Crippen molar-refractivity contribution < 1.29 is 17.9 Å². The third kappa shape index (κ3) is 4.49. The molecule has 0 saturated heterocycles. The van der Waals surface area contributed by atoms with Crippen molar-refractivity contribution >= 4 is 0 Å². The summed E-state index contributed by atoms with van der Waals surface area (Å²) in [5, 5.41) is 0. The topological polar surface area (TPSA) is 12.5 Å². The molecule has 0 aliphatic carbocycles. The monoisotopic (exact) mass is 309 g/mol. The number of rotatable bonds is 5. The second-order valence-corrected chi connectivity index (χ2v) is 5.22. The maximum atomic E-state index is 12.7. The van der Waals surface area contributed by atoms with Crippen LogP contribution in [0.25, 0.3) is 0 Å². The molecule has 0 N–H and O–H groups in total. The van der Waals surface area contributed by atoms with Crippen molar-refractivity contribution in [1.82, 2.24) is 4.90 Å². The van der Waals surface area contributed by atoms with Gasteiger partial charge >= 0.3 is 6.18 Å². The van der Waals surface area contributed by atoms with Gasteiger partial charge in [0.05, 0.1) is 12.7 Å². The summed E-state index contributed by atoms with van der Waals surface area (Å²) in [5.41, 5.74) is 1.11. The molecule has 0 aliphatic heterocycles. The zero-order valence-electron chi connectivity index (χ0n) is 12.5. The van der Waals surface area contributed by atoms with Crippen LogP contribution in [0, 0.1) is 0 Å². The number of ether oxygens (including phenoxy) is 1. The lowest BCUT2D eigenvalue weighted by Crippen LogP contribution is -2.17. The number of hydrogen-bond acceptors (Lipinski definition) is 2. The van der Waals surface area contributed by atoms with E-state index in [0.29, 0.717) is 18.7 Å². The van der Waals surface area contributed by atoms with Gasteiger partial charge in [-0.2, -0.15) is 13.2 Å². The molecule has 0 bridgehead atoms. The first kappa shape index (κ1) is 16.4. The second-order valence-electron chi connectivity index (χ2n) is 5.22. The standard InChI is InChI=1S/C17H18F3NO/c1-21(11-13-6-8-16(22-2)9-7-13)12-14-4-3-5-15(10-14)17(18,19)20/h3-10H,11-12H2,1-2H3. The molecule has 0 saturated carbocycles. The van der Waals surface area contributed by atoms with E-state index in [1.54, 1.807) is 13.2 Å². The van der Waals surface area contributed by atoms with Gasteiger partial charge < -0.3 is 4.74 Å². The summed E-state index contributed by atoms with van der Waals surface area (Å²) in [6, 6.07) is 13.1. The fraction of sp³-hybridized carbons (Fsp3) is 0.294. The van der Waals surface area contributed by atoms with Crippen molar-refractivity contribution in [2.45, 2.75) is 19.3 Å². The molecular weight excluding hydrogens is 291 g/mol. The van der Waals surface area contributed by atoms with Crippen LogP contribution in [-0.2, 0) is 19.3 Å². The van der Waals surface area contributed by atoms with Crippen molar-refractivity contribution in [1.29, 1.82) is 0 Å². The van der Waals surface area contributed by atoms with Crippen LogP contribution in [0.1, 0.15) is 16.7 Å². The first-order valence-electron chi connectivity index (χ1n) is 6.86. The Morgan fingerprint density at radius 2 is 1.59 bits per heavy atom. The van der Waals surface area contributed by atoms with E-state index in [2.05, 4.69) is 0 Å². The molecule has 0 unspecified atom stereocenters. The maximum Gasteiger partial charge on any atom is 0.416 e. The van der Waals surface area contributed by atoms with Gasteiger partial charge in [-0.05, 0) is 36.4 Å². The average molecular weight is 309 g/mol. The van der Waals surface area contributed by atoms with Crippen LogP contribution in [0.2, 0.25) is 0 Å². The van der Waals surface area contributed by atoms with Gasteiger partial charge in [0.1, 0.15) is 5.75 Å². The Morgan fingerprint density at radius 3 is 2.18 bits per heavy atom. The number of hydrogen-bond donors (Lipinski definition) is 0. The minimum Gasteiger partial charge on any atom is -0.497 e. The Morgan fingerprint density at radius 1 is 0.955 bits per heavy atom. The Hall–Kier alpha value is -2.01. The normalized spacial score (nSPS) is 11.7. The van der Waals surface area contributed by atoms with Gasteiger partial charge in [0.15, 0.2) is 0 Å². The van der Waals surface area contributed by atoms with Crippen molar-refractivity contribution in [3.63, 3.8) is 0 Å². The molecule has 0 aliphatic rings. The Bertz CT molecular complexity index is 608. The minimum absolute atomic E-state index is 0.454. The molecule has 2 rings (SSSR count). The van der Waals surface area contributed by atoms with Crippen LogP contribution in [0.5, 0.6) is 5.75 Å². The van der Waals surface area contributed by atoms with E-state index in [0.717, 1.165) is 17.4 Å². The van der Waals surface area contributed by atoms with E-state index in [-0.39, 0.29) is 0 Å². The van der Waals surface area contributed by atoms with Gasteiger partial charge in [0.25, 0.3) is 0 Å². The van der Waals surface area contributed by atoms with E-state index in [1.807, 2.05) is 36.2 Å². The lowest BCUT2D eigenvalue weighted by molar-refractivity contribution is -0.137. The number of nitrogens with zero attached hydrogens (tertiary/aromatic N) is 1. The van der Waals surface area contributed by atoms with Gasteiger partial charge in [-0.1, -0.05) is 30.3 Å². The van der Waals surface area contributed by atoms with E-state index >= 15 is 0 Å². The van der Waals surface area contributed by atoms with E-state index < -0.39 is 11.7 Å². The molecule has 0 spiro atoms. The summed E-state index contributed by atoms with van der Waals surface area (Å²) in [7, 11) is 3.49. The zero-order chi connectivity index (χ0) is 16.2. The van der Waals surface area contributed by atoms with Crippen LogP contribution < -0.4 is 4.74 Å². The highest BCUT2D eigenvalue weighted by Gasteiger charge is 2.30. The number of halogens is 3. The number of benzene rings is 2. The van der Waals surface area contributed by atoms with Crippen LogP contribution in [0.15, 0.2) is 48.5 Å². The zero-order valence-corrected chi connectivity index (χ0v) is 12.5. The van der Waals surface area contributed by atoms with Crippen LogP contribution >= 0.6 is 0 Å². The first-order chi connectivity index (χ1) is 10.4. The summed E-state index contributed by atoms with van der Waals surface area (Å²) in [5.74, 6) is 0.782. The molecule has 22 heavy (non-hydrogen) atoms. The highest BCUT2D eigenvalue weighted by molar-refractivity contribution is 5.28. The van der Waals surface area contributed by atoms with Gasteiger partial charge in [0.2, 0.25) is 0 Å². The summed E-state index contributed by atoms with van der Waals surface area (Å²) in [4.78, 5) is 1.97. The quantitative estimate of drug-likeness (QED) is 0.814. The Kier molecular flexibility index (Phi) is 5.08. The molecule has 0 atom stereocenters. The lowest BCUT2D eigenvalue weighted by Gasteiger charge is -2.18. The summed E-state index contributed by atoms with van der Waals surface area (Å²) >= 11 is 0. The van der Waals surface area contributed by atoms with Crippen LogP contribution in [-0.4, -0.2) is 19.1 Å². The lowest BCUT2D eigenvalue weighted by atomic mass is 10.1. The molecule has 0 fully saturated rings. The molecule has 0 heterocycles. The highest BCUT2D eigenvalue weighted by Crippen LogP contribution is 2.29. The SMILES string of the molecule is COc1ccc(CN(C)Cc2cccc(C(F)(F)F)c2)cc1. The van der Waals surface area contributed by atoms with Crippen molar-refractivity contribution in [3.8, 4) is 5.75 Å². The Labute approximate surface area is 128 Å². The molecule has 118 valence electrons. The fourth-order valence-corrected chi connectivity index (χ4v) is 2.26. The van der Waals surface area contributed by atoms with Crippen LogP contribution in [0.4, 0.5) is 13.2 Å². The number of methoxy groups -OCH3 is 1. The molecule has 0 aromatic heterocycles. The Balaban J connectivity index is 2.00. The molecule has 2 aromatic rings. The van der Waals surface area contributed by atoms with Gasteiger partial charge in [-0.3, -0.25) is 4.90 Å². The van der Waals surface area contributed by atoms with Gasteiger partial charge in [-0.15, -0.1) is 0 Å². The first-order valence-corrected chi connectivity index (χ1v) is 6.86. The van der Waals surface area contributed by atoms with Crippen molar-refractivity contribution in [3.05, 3.63) is 65.2 Å². The second kappa shape index (κ2) is 6.83. The highest BCUT2D eigenvalue weighted by atomic mass is 19.4. The van der Waals surface area contributed by atoms with Crippen LogP contribution in [0.3, 0.4) is 0 Å². The molecule has 0 radical (unpaired) electrons. The maximum absolute atomic E-state index is 12.7. The molecule has 2 nitrogen and oxygen atoms in total. The van der Waals surface area contributed by atoms with E-state index in [4.69, 9.17) is 4.74 Å². The minimum atomic E-state index is -4.30. The average Bonchev–Trinajstić information content (AvgIpc) is 2.47. The fourth-order valence-electron chi connectivity index (χ4n) is 2.26. The molecule has 5 heteroatoms. The van der Waals surface area contributed by atoms with Gasteiger partial charge in [0, 0.05) is 13.1 Å². The summed E-state index contributed by atoms with van der Waals surface area (Å²) in [6.45, 7) is 1.11. The summed E-state index contributed by atoms with van der Waals surface area (Å²) in [6.07, 6.45) is -4.30. The van der Waals surface area contributed by atoms with Crippen molar-refractivity contribution in [2.75, 3.05) is 14.2 Å². The molecular formula is C17H18F3NO. The molecule has 2 aromatic carbocycles. The van der Waals surface area contributed by atoms with Gasteiger partial charge in [-0.25, -0.2) is 0 Å². The third-order valence-electron chi connectivity index (χ3n) is 3.32. The smallest absolute Gasteiger partial charge is 0.416 e. The predicted octanol–water partition coefficient (Wildman–Crippen LogP) is 4.35.